The van der Waals surface area contributed by atoms with Gasteiger partial charge in [-0.05, 0) is 36.5 Å². The summed E-state index contributed by atoms with van der Waals surface area (Å²) in [5.74, 6) is 0.616. The summed E-state index contributed by atoms with van der Waals surface area (Å²) < 4.78 is 1.76. The molecule has 1 saturated carbocycles. The van der Waals surface area contributed by atoms with E-state index in [0.717, 1.165) is 43.9 Å². The lowest BCUT2D eigenvalue weighted by Gasteiger charge is -2.34. The molecule has 0 atom stereocenters. The van der Waals surface area contributed by atoms with Crippen LogP contribution in [0.1, 0.15) is 12.8 Å². The SMILES string of the molecule is O=C(C1CC1)N1CCN(Cn2sc3ncccc3c2=O)CC1. The second-order valence-corrected chi connectivity index (χ2v) is 7.00. The maximum absolute atomic E-state index is 12.3. The van der Waals surface area contributed by atoms with E-state index >= 15 is 0 Å². The van der Waals surface area contributed by atoms with E-state index < -0.39 is 0 Å². The molecule has 0 aromatic carbocycles. The highest BCUT2D eigenvalue weighted by molar-refractivity contribution is 7.13. The Bertz CT molecular complexity index is 756. The summed E-state index contributed by atoms with van der Waals surface area (Å²) in [5.41, 5.74) is 0.0320. The lowest BCUT2D eigenvalue weighted by Crippen LogP contribution is -2.49. The highest BCUT2D eigenvalue weighted by Gasteiger charge is 2.34. The Hall–Kier alpha value is -1.73. The Morgan fingerprint density at radius 3 is 2.73 bits per heavy atom. The highest BCUT2D eigenvalue weighted by Crippen LogP contribution is 2.31. The van der Waals surface area contributed by atoms with Crippen LogP contribution in [0.25, 0.3) is 10.2 Å². The third-order valence-electron chi connectivity index (χ3n) is 4.36. The number of hydrogen-bond donors (Lipinski definition) is 0. The van der Waals surface area contributed by atoms with Gasteiger partial charge in [-0.15, -0.1) is 0 Å². The molecule has 1 amide bonds. The molecule has 3 heterocycles. The van der Waals surface area contributed by atoms with E-state index in [1.54, 1.807) is 16.2 Å². The zero-order valence-corrected chi connectivity index (χ0v) is 13.1. The average molecular weight is 318 g/mol. The number of amides is 1. The number of piperazine rings is 1. The van der Waals surface area contributed by atoms with Gasteiger partial charge in [-0.25, -0.2) is 8.94 Å². The van der Waals surface area contributed by atoms with Gasteiger partial charge >= 0.3 is 0 Å². The molecule has 0 unspecified atom stereocenters. The number of fused-ring (bicyclic) bond motifs is 1. The second-order valence-electron chi connectivity index (χ2n) is 5.99. The second kappa shape index (κ2) is 5.48. The van der Waals surface area contributed by atoms with Crippen molar-refractivity contribution in [2.45, 2.75) is 19.5 Å². The first-order valence-electron chi connectivity index (χ1n) is 7.68. The molecule has 0 bridgehead atoms. The Labute approximate surface area is 132 Å². The van der Waals surface area contributed by atoms with Crippen LogP contribution in [0, 0.1) is 5.92 Å². The number of rotatable bonds is 3. The van der Waals surface area contributed by atoms with E-state index in [9.17, 15) is 9.59 Å². The molecule has 0 N–H and O–H groups in total. The molecule has 22 heavy (non-hydrogen) atoms. The normalized spacial score (nSPS) is 19.7. The number of carbonyl (C=O) groups excluding carboxylic acids is 1. The fourth-order valence-corrected chi connectivity index (χ4v) is 3.85. The molecule has 0 spiro atoms. The number of pyridine rings is 1. The Morgan fingerprint density at radius 1 is 1.27 bits per heavy atom. The van der Waals surface area contributed by atoms with E-state index in [4.69, 9.17) is 0 Å². The Balaban J connectivity index is 1.42. The van der Waals surface area contributed by atoms with Crippen LogP contribution in [0.3, 0.4) is 0 Å². The van der Waals surface area contributed by atoms with Crippen LogP contribution >= 0.6 is 11.5 Å². The topological polar surface area (TPSA) is 58.4 Å². The van der Waals surface area contributed by atoms with Crippen molar-refractivity contribution in [3.05, 3.63) is 28.7 Å². The lowest BCUT2D eigenvalue weighted by molar-refractivity contribution is -0.134. The van der Waals surface area contributed by atoms with Crippen LogP contribution in [0.15, 0.2) is 23.1 Å². The maximum Gasteiger partial charge on any atom is 0.271 e. The molecule has 1 aliphatic heterocycles. The average Bonchev–Trinajstić information content (AvgIpc) is 3.35. The fourth-order valence-electron chi connectivity index (χ4n) is 2.88. The van der Waals surface area contributed by atoms with Gasteiger partial charge in [0.05, 0.1) is 12.1 Å². The van der Waals surface area contributed by atoms with Crippen molar-refractivity contribution in [1.82, 2.24) is 18.7 Å². The standard InChI is InChI=1S/C15H18N4O2S/c20-14(11-3-4-11)18-8-6-17(7-9-18)10-19-15(21)12-2-1-5-16-13(12)22-19/h1-2,5,11H,3-4,6-10H2. The molecule has 1 aliphatic carbocycles. The van der Waals surface area contributed by atoms with Crippen LogP contribution < -0.4 is 5.56 Å². The van der Waals surface area contributed by atoms with Crippen LogP contribution in [0.5, 0.6) is 0 Å². The summed E-state index contributed by atoms with van der Waals surface area (Å²) in [7, 11) is 0. The summed E-state index contributed by atoms with van der Waals surface area (Å²) >= 11 is 1.41. The minimum absolute atomic E-state index is 0.0320. The van der Waals surface area contributed by atoms with Gasteiger partial charge in [-0.2, -0.15) is 0 Å². The molecule has 2 aromatic rings. The minimum Gasteiger partial charge on any atom is -0.340 e. The highest BCUT2D eigenvalue weighted by atomic mass is 32.1. The number of carbonyl (C=O) groups is 1. The fraction of sp³-hybridized carbons (Fsp3) is 0.533. The van der Waals surface area contributed by atoms with Crippen molar-refractivity contribution >= 4 is 27.7 Å². The van der Waals surface area contributed by atoms with Crippen molar-refractivity contribution in [1.29, 1.82) is 0 Å². The maximum atomic E-state index is 12.3. The van der Waals surface area contributed by atoms with Crippen LogP contribution in [0.4, 0.5) is 0 Å². The van der Waals surface area contributed by atoms with Gasteiger partial charge in [0, 0.05) is 38.3 Å². The zero-order chi connectivity index (χ0) is 15.1. The molecule has 7 heteroatoms. The summed E-state index contributed by atoms with van der Waals surface area (Å²) in [4.78, 5) is 33.6. The Kier molecular flexibility index (Phi) is 3.46. The molecule has 2 fully saturated rings. The van der Waals surface area contributed by atoms with Gasteiger partial charge in [0.25, 0.3) is 5.56 Å². The summed E-state index contributed by atoms with van der Waals surface area (Å²) in [6, 6.07) is 3.62. The van der Waals surface area contributed by atoms with Gasteiger partial charge in [-0.3, -0.25) is 14.5 Å². The summed E-state index contributed by atoms with van der Waals surface area (Å²) in [5, 5.41) is 0.690. The van der Waals surface area contributed by atoms with Gasteiger partial charge in [-0.1, -0.05) is 0 Å². The van der Waals surface area contributed by atoms with Crippen LogP contribution in [0.2, 0.25) is 0 Å². The van der Waals surface area contributed by atoms with Crippen LogP contribution in [-0.4, -0.2) is 50.8 Å². The van der Waals surface area contributed by atoms with Crippen molar-refractivity contribution in [2.75, 3.05) is 26.2 Å². The van der Waals surface area contributed by atoms with Crippen molar-refractivity contribution < 1.29 is 4.79 Å². The van der Waals surface area contributed by atoms with Crippen LogP contribution in [-0.2, 0) is 11.5 Å². The first kappa shape index (κ1) is 13.9. The third-order valence-corrected chi connectivity index (χ3v) is 5.36. The quantitative estimate of drug-likeness (QED) is 0.846. The van der Waals surface area contributed by atoms with Crippen molar-refractivity contribution in [3.8, 4) is 0 Å². The molecular formula is C15H18N4O2S. The predicted octanol–water partition coefficient (Wildman–Crippen LogP) is 0.970. The third kappa shape index (κ3) is 2.55. The molecule has 2 aromatic heterocycles. The van der Waals surface area contributed by atoms with E-state index in [1.807, 2.05) is 11.0 Å². The first-order chi connectivity index (χ1) is 10.7. The first-order valence-corrected chi connectivity index (χ1v) is 8.46. The van der Waals surface area contributed by atoms with Gasteiger partial charge in [0.15, 0.2) is 0 Å². The summed E-state index contributed by atoms with van der Waals surface area (Å²) in [6.45, 7) is 3.78. The van der Waals surface area contributed by atoms with E-state index in [0.29, 0.717) is 23.9 Å². The molecule has 116 valence electrons. The van der Waals surface area contributed by atoms with E-state index in [-0.39, 0.29) is 5.56 Å². The van der Waals surface area contributed by atoms with E-state index in [1.165, 1.54) is 11.5 Å². The van der Waals surface area contributed by atoms with Gasteiger partial charge in [0.1, 0.15) is 4.83 Å². The lowest BCUT2D eigenvalue weighted by atomic mass is 10.3. The van der Waals surface area contributed by atoms with Gasteiger partial charge < -0.3 is 4.90 Å². The van der Waals surface area contributed by atoms with Crippen molar-refractivity contribution in [2.24, 2.45) is 5.92 Å². The summed E-state index contributed by atoms with van der Waals surface area (Å²) in [6.07, 6.45) is 3.83. The Morgan fingerprint density at radius 2 is 2.05 bits per heavy atom. The minimum atomic E-state index is 0.0320. The molecule has 0 radical (unpaired) electrons. The molecular weight excluding hydrogens is 300 g/mol. The number of hydrogen-bond acceptors (Lipinski definition) is 5. The molecule has 2 aliphatic rings. The molecule has 4 rings (SSSR count). The zero-order valence-electron chi connectivity index (χ0n) is 12.3. The molecule has 6 nitrogen and oxygen atoms in total. The van der Waals surface area contributed by atoms with E-state index in [2.05, 4.69) is 9.88 Å². The molecule has 1 saturated heterocycles. The number of nitrogens with zero attached hydrogens (tertiary/aromatic N) is 4. The smallest absolute Gasteiger partial charge is 0.271 e. The monoisotopic (exact) mass is 318 g/mol. The van der Waals surface area contributed by atoms with Crippen molar-refractivity contribution in [3.63, 3.8) is 0 Å². The predicted molar refractivity (Wildman–Crippen MR) is 84.8 cm³/mol. The number of aromatic nitrogens is 2. The largest absolute Gasteiger partial charge is 0.340 e. The van der Waals surface area contributed by atoms with Gasteiger partial charge in [0.2, 0.25) is 5.91 Å².